The molecule has 0 saturated heterocycles. The topological polar surface area (TPSA) is 50.4 Å². The Morgan fingerprint density at radius 3 is 2.48 bits per heavy atom. The quantitative estimate of drug-likeness (QED) is 0.736. The van der Waals surface area contributed by atoms with E-state index in [1.807, 2.05) is 24.3 Å². The van der Waals surface area contributed by atoms with E-state index in [9.17, 15) is 4.79 Å². The van der Waals surface area contributed by atoms with Crippen LogP contribution in [0.15, 0.2) is 42.5 Å². The van der Waals surface area contributed by atoms with Crippen LogP contribution in [0.25, 0.3) is 0 Å². The van der Waals surface area contributed by atoms with Crippen molar-refractivity contribution in [1.29, 1.82) is 0 Å². The summed E-state index contributed by atoms with van der Waals surface area (Å²) >= 11 is 11.7. The monoisotopic (exact) mass is 352 g/mol. The first kappa shape index (κ1) is 17.4. The molecular weight excluding hydrogens is 335 g/mol. The summed E-state index contributed by atoms with van der Waals surface area (Å²) in [7, 11) is 0. The summed E-state index contributed by atoms with van der Waals surface area (Å²) in [5, 5.41) is 6.22. The number of aryl methyl sites for hydroxylation is 1. The maximum Gasteiger partial charge on any atom is 0.319 e. The molecular formula is C17H18Cl2N2O2. The second-order valence-corrected chi connectivity index (χ2v) is 5.67. The van der Waals surface area contributed by atoms with E-state index in [4.69, 9.17) is 27.9 Å². The number of hydrogen-bond acceptors (Lipinski definition) is 2. The van der Waals surface area contributed by atoms with Crippen LogP contribution in [-0.4, -0.2) is 19.2 Å². The molecule has 0 fully saturated rings. The van der Waals surface area contributed by atoms with Crippen LogP contribution in [0.5, 0.6) is 5.75 Å². The lowest BCUT2D eigenvalue weighted by molar-refractivity contribution is 0.247. The number of hydrogen-bond donors (Lipinski definition) is 2. The number of amides is 2. The van der Waals surface area contributed by atoms with Crippen LogP contribution in [0, 0.1) is 0 Å². The van der Waals surface area contributed by atoms with Crippen molar-refractivity contribution in [2.24, 2.45) is 0 Å². The smallest absolute Gasteiger partial charge is 0.319 e. The van der Waals surface area contributed by atoms with Gasteiger partial charge >= 0.3 is 6.03 Å². The van der Waals surface area contributed by atoms with E-state index in [1.54, 1.807) is 18.2 Å². The highest BCUT2D eigenvalue weighted by Crippen LogP contribution is 2.24. The van der Waals surface area contributed by atoms with Crippen molar-refractivity contribution in [2.75, 3.05) is 18.5 Å². The maximum atomic E-state index is 11.7. The molecule has 6 heteroatoms. The largest absolute Gasteiger partial charge is 0.492 e. The first-order valence-electron chi connectivity index (χ1n) is 7.30. The predicted molar refractivity (Wildman–Crippen MR) is 94.8 cm³/mol. The molecule has 0 aliphatic carbocycles. The fraction of sp³-hybridized carbons (Fsp3) is 0.235. The SMILES string of the molecule is CCc1ccc(OCCNC(=O)Nc2ccc(Cl)c(Cl)c2)cc1. The van der Waals surface area contributed by atoms with Gasteiger partial charge in [0.15, 0.2) is 0 Å². The van der Waals surface area contributed by atoms with Crippen molar-refractivity contribution in [3.05, 3.63) is 58.1 Å². The number of rotatable bonds is 6. The van der Waals surface area contributed by atoms with Gasteiger partial charge in [-0.2, -0.15) is 0 Å². The molecule has 0 bridgehead atoms. The zero-order chi connectivity index (χ0) is 16.7. The molecule has 0 atom stereocenters. The lowest BCUT2D eigenvalue weighted by atomic mass is 10.2. The number of urea groups is 1. The third kappa shape index (κ3) is 5.66. The van der Waals surface area contributed by atoms with E-state index >= 15 is 0 Å². The minimum Gasteiger partial charge on any atom is -0.492 e. The van der Waals surface area contributed by atoms with Gasteiger partial charge < -0.3 is 15.4 Å². The van der Waals surface area contributed by atoms with Gasteiger partial charge in [0.2, 0.25) is 0 Å². The van der Waals surface area contributed by atoms with Crippen LogP contribution in [0.1, 0.15) is 12.5 Å². The lowest BCUT2D eigenvalue weighted by Crippen LogP contribution is -2.32. The molecule has 2 amide bonds. The zero-order valence-corrected chi connectivity index (χ0v) is 14.2. The summed E-state index contributed by atoms with van der Waals surface area (Å²) in [6.45, 7) is 2.88. The molecule has 2 N–H and O–H groups in total. The first-order valence-corrected chi connectivity index (χ1v) is 8.05. The third-order valence-corrected chi connectivity index (χ3v) is 3.90. The second-order valence-electron chi connectivity index (χ2n) is 4.86. The average Bonchev–Trinajstić information content (AvgIpc) is 2.55. The summed E-state index contributed by atoms with van der Waals surface area (Å²) < 4.78 is 5.56. The van der Waals surface area contributed by atoms with Gasteiger partial charge in [-0.15, -0.1) is 0 Å². The average molecular weight is 353 g/mol. The number of carbonyl (C=O) groups is 1. The summed E-state index contributed by atoms with van der Waals surface area (Å²) in [5.41, 5.74) is 1.84. The van der Waals surface area contributed by atoms with Gasteiger partial charge in [0.25, 0.3) is 0 Å². The molecule has 0 radical (unpaired) electrons. The fourth-order valence-corrected chi connectivity index (χ4v) is 2.20. The van der Waals surface area contributed by atoms with Gasteiger partial charge in [-0.1, -0.05) is 42.3 Å². The molecule has 2 aromatic carbocycles. The molecule has 2 rings (SSSR count). The van der Waals surface area contributed by atoms with Gasteiger partial charge in [0.1, 0.15) is 12.4 Å². The number of halogens is 2. The van der Waals surface area contributed by atoms with Crippen molar-refractivity contribution in [1.82, 2.24) is 5.32 Å². The molecule has 0 heterocycles. The molecule has 0 saturated carbocycles. The van der Waals surface area contributed by atoms with Crippen molar-refractivity contribution in [3.63, 3.8) is 0 Å². The minimum absolute atomic E-state index is 0.326. The van der Waals surface area contributed by atoms with Crippen LogP contribution in [0.2, 0.25) is 10.0 Å². The summed E-state index contributed by atoms with van der Waals surface area (Å²) in [4.78, 5) is 11.7. The molecule has 2 aromatic rings. The van der Waals surface area contributed by atoms with E-state index in [0.717, 1.165) is 12.2 Å². The Labute approximate surface area is 145 Å². The van der Waals surface area contributed by atoms with Crippen molar-refractivity contribution >= 4 is 34.9 Å². The van der Waals surface area contributed by atoms with E-state index < -0.39 is 0 Å². The molecule has 4 nitrogen and oxygen atoms in total. The summed E-state index contributed by atoms with van der Waals surface area (Å²) in [6, 6.07) is 12.5. The predicted octanol–water partition coefficient (Wildman–Crippen LogP) is 4.76. The van der Waals surface area contributed by atoms with Crippen LogP contribution in [-0.2, 0) is 6.42 Å². The normalized spacial score (nSPS) is 10.2. The van der Waals surface area contributed by atoms with E-state index in [-0.39, 0.29) is 6.03 Å². The Morgan fingerprint density at radius 1 is 1.09 bits per heavy atom. The number of nitrogens with one attached hydrogen (secondary N) is 2. The molecule has 122 valence electrons. The first-order chi connectivity index (χ1) is 11.1. The van der Waals surface area contributed by atoms with Crippen molar-refractivity contribution < 1.29 is 9.53 Å². The highest BCUT2D eigenvalue weighted by molar-refractivity contribution is 6.42. The van der Waals surface area contributed by atoms with Gasteiger partial charge in [-0.05, 0) is 42.3 Å². The van der Waals surface area contributed by atoms with Gasteiger partial charge in [0, 0.05) is 5.69 Å². The Morgan fingerprint density at radius 2 is 1.83 bits per heavy atom. The fourth-order valence-electron chi connectivity index (χ4n) is 1.90. The van der Waals surface area contributed by atoms with Crippen LogP contribution in [0.3, 0.4) is 0 Å². The van der Waals surface area contributed by atoms with Crippen LogP contribution >= 0.6 is 23.2 Å². The number of anilines is 1. The lowest BCUT2D eigenvalue weighted by Gasteiger charge is -2.10. The highest BCUT2D eigenvalue weighted by atomic mass is 35.5. The van der Waals surface area contributed by atoms with Crippen molar-refractivity contribution in [2.45, 2.75) is 13.3 Å². The van der Waals surface area contributed by atoms with E-state index in [0.29, 0.717) is 28.9 Å². The number of benzene rings is 2. The minimum atomic E-state index is -0.326. The standard InChI is InChI=1S/C17H18Cl2N2O2/c1-2-12-3-6-14(7-4-12)23-10-9-20-17(22)21-13-5-8-15(18)16(19)11-13/h3-8,11H,2,9-10H2,1H3,(H2,20,21,22). The molecule has 0 spiro atoms. The van der Waals surface area contributed by atoms with Crippen LogP contribution in [0.4, 0.5) is 10.5 Å². The summed E-state index contributed by atoms with van der Waals surface area (Å²) in [6.07, 6.45) is 0.997. The van der Waals surface area contributed by atoms with Crippen molar-refractivity contribution in [3.8, 4) is 5.75 Å². The van der Waals surface area contributed by atoms with E-state index in [2.05, 4.69) is 17.6 Å². The zero-order valence-electron chi connectivity index (χ0n) is 12.7. The molecule has 0 aliphatic rings. The third-order valence-electron chi connectivity index (χ3n) is 3.17. The Kier molecular flexibility index (Phi) is 6.56. The number of carbonyl (C=O) groups excluding carboxylic acids is 1. The molecule has 23 heavy (non-hydrogen) atoms. The van der Waals surface area contributed by atoms with Gasteiger partial charge in [-0.25, -0.2) is 4.79 Å². The van der Waals surface area contributed by atoms with Gasteiger partial charge in [-0.3, -0.25) is 0 Å². The Balaban J connectivity index is 1.70. The van der Waals surface area contributed by atoms with Gasteiger partial charge in [0.05, 0.1) is 16.6 Å². The molecule has 0 aliphatic heterocycles. The highest BCUT2D eigenvalue weighted by Gasteiger charge is 2.04. The summed E-state index contributed by atoms with van der Waals surface area (Å²) in [5.74, 6) is 0.786. The van der Waals surface area contributed by atoms with E-state index in [1.165, 1.54) is 5.56 Å². The molecule has 0 aromatic heterocycles. The Hall–Kier alpha value is -1.91. The Bertz CT molecular complexity index is 660. The number of ether oxygens (including phenoxy) is 1. The van der Waals surface area contributed by atoms with Crippen LogP contribution < -0.4 is 15.4 Å². The molecule has 0 unspecified atom stereocenters. The maximum absolute atomic E-state index is 11.7. The second kappa shape index (κ2) is 8.65.